The van der Waals surface area contributed by atoms with Gasteiger partial charge in [0.15, 0.2) is 0 Å². The maximum Gasteiger partial charge on any atom is 0.0602 e. The second-order valence-electron chi connectivity index (χ2n) is 7.28. The van der Waals surface area contributed by atoms with Crippen molar-refractivity contribution in [2.75, 3.05) is 26.2 Å². The van der Waals surface area contributed by atoms with Crippen LogP contribution in [-0.2, 0) is 6.54 Å². The van der Waals surface area contributed by atoms with Gasteiger partial charge >= 0.3 is 0 Å². The molecule has 0 saturated carbocycles. The van der Waals surface area contributed by atoms with E-state index in [1.807, 2.05) is 12.1 Å². The van der Waals surface area contributed by atoms with Gasteiger partial charge < -0.3 is 0 Å². The lowest BCUT2D eigenvalue weighted by Crippen LogP contribution is -2.47. The molecule has 144 valence electrons. The molecule has 3 aromatic rings. The van der Waals surface area contributed by atoms with Crippen LogP contribution in [0.5, 0.6) is 0 Å². The minimum atomic E-state index is 0.300. The molecule has 0 spiro atoms. The summed E-state index contributed by atoms with van der Waals surface area (Å²) in [7, 11) is 0. The average Bonchev–Trinajstić information content (AvgIpc) is 2.74. The monoisotopic (exact) mass is 410 g/mol. The van der Waals surface area contributed by atoms with Gasteiger partial charge in [0.25, 0.3) is 0 Å². The molecule has 1 heterocycles. The predicted octanol–water partition coefficient (Wildman–Crippen LogP) is 5.90. The Morgan fingerprint density at radius 2 is 1.25 bits per heavy atom. The summed E-state index contributed by atoms with van der Waals surface area (Å²) < 4.78 is 0. The number of nitrogens with zero attached hydrogens (tertiary/aromatic N) is 2. The number of hydrogen-bond acceptors (Lipinski definition) is 2. The summed E-state index contributed by atoms with van der Waals surface area (Å²) in [4.78, 5) is 5.08. The van der Waals surface area contributed by atoms with Gasteiger partial charge in [0.2, 0.25) is 0 Å². The van der Waals surface area contributed by atoms with Crippen LogP contribution in [-0.4, -0.2) is 36.0 Å². The fourth-order valence-corrected chi connectivity index (χ4v) is 4.28. The van der Waals surface area contributed by atoms with Crippen molar-refractivity contribution in [1.82, 2.24) is 9.80 Å². The SMILES string of the molecule is Clc1ccc(CN2CCN(C(c3ccccc3)c3ccccc3)CC2)cc1Cl. The molecule has 0 aromatic heterocycles. The largest absolute Gasteiger partial charge is 0.297 e. The Morgan fingerprint density at radius 3 is 1.79 bits per heavy atom. The highest BCUT2D eigenvalue weighted by Gasteiger charge is 2.26. The molecule has 3 aromatic carbocycles. The van der Waals surface area contributed by atoms with E-state index in [1.54, 1.807) is 0 Å². The van der Waals surface area contributed by atoms with Gasteiger partial charge in [-0.2, -0.15) is 0 Å². The Labute approximate surface area is 177 Å². The second-order valence-corrected chi connectivity index (χ2v) is 8.10. The zero-order chi connectivity index (χ0) is 19.3. The molecule has 1 fully saturated rings. The summed E-state index contributed by atoms with van der Waals surface area (Å²) in [5.74, 6) is 0. The molecule has 0 atom stereocenters. The summed E-state index contributed by atoms with van der Waals surface area (Å²) in [5.41, 5.74) is 3.92. The Kier molecular flexibility index (Phi) is 6.33. The van der Waals surface area contributed by atoms with Crippen LogP contribution in [0.4, 0.5) is 0 Å². The van der Waals surface area contributed by atoms with Gasteiger partial charge in [-0.3, -0.25) is 9.80 Å². The Hall–Kier alpha value is -1.84. The molecule has 28 heavy (non-hydrogen) atoms. The van der Waals surface area contributed by atoms with Crippen molar-refractivity contribution in [2.24, 2.45) is 0 Å². The predicted molar refractivity (Wildman–Crippen MR) is 118 cm³/mol. The lowest BCUT2D eigenvalue weighted by Gasteiger charge is -2.40. The number of piperazine rings is 1. The van der Waals surface area contributed by atoms with E-state index in [0.717, 1.165) is 32.7 Å². The molecule has 0 unspecified atom stereocenters. The van der Waals surface area contributed by atoms with E-state index < -0.39 is 0 Å². The molecule has 0 amide bonds. The van der Waals surface area contributed by atoms with Crippen LogP contribution in [0.25, 0.3) is 0 Å². The summed E-state index contributed by atoms with van der Waals surface area (Å²) >= 11 is 12.2. The Bertz CT molecular complexity index is 851. The third kappa shape index (κ3) is 4.59. The summed E-state index contributed by atoms with van der Waals surface area (Å²) in [5, 5.41) is 1.25. The van der Waals surface area contributed by atoms with E-state index in [1.165, 1.54) is 16.7 Å². The molecule has 4 heteroatoms. The number of rotatable bonds is 5. The van der Waals surface area contributed by atoms with Crippen LogP contribution in [0.2, 0.25) is 10.0 Å². The van der Waals surface area contributed by atoms with Crippen LogP contribution in [0.3, 0.4) is 0 Å². The number of benzene rings is 3. The first-order chi connectivity index (χ1) is 13.7. The molecule has 1 aliphatic heterocycles. The summed E-state index contributed by atoms with van der Waals surface area (Å²) in [6.07, 6.45) is 0. The normalized spacial score (nSPS) is 15.8. The molecule has 0 aliphatic carbocycles. The first-order valence-electron chi connectivity index (χ1n) is 9.71. The van der Waals surface area contributed by atoms with Crippen molar-refractivity contribution in [3.8, 4) is 0 Å². The molecule has 2 nitrogen and oxygen atoms in total. The second kappa shape index (κ2) is 9.11. The van der Waals surface area contributed by atoms with Gasteiger partial charge in [-0.15, -0.1) is 0 Å². The van der Waals surface area contributed by atoms with Gasteiger partial charge in [-0.25, -0.2) is 0 Å². The van der Waals surface area contributed by atoms with E-state index in [-0.39, 0.29) is 0 Å². The summed E-state index contributed by atoms with van der Waals surface area (Å²) in [6, 6.07) is 27.9. The fraction of sp³-hybridized carbons (Fsp3) is 0.250. The molecule has 1 aliphatic rings. The van der Waals surface area contributed by atoms with Crippen LogP contribution >= 0.6 is 23.2 Å². The Morgan fingerprint density at radius 1 is 0.679 bits per heavy atom. The Balaban J connectivity index is 1.46. The maximum atomic E-state index is 6.17. The van der Waals surface area contributed by atoms with Crippen LogP contribution in [0.15, 0.2) is 78.9 Å². The van der Waals surface area contributed by atoms with Crippen LogP contribution in [0, 0.1) is 0 Å². The van der Waals surface area contributed by atoms with Gasteiger partial charge in [0, 0.05) is 32.7 Å². The molecule has 0 bridgehead atoms. The topological polar surface area (TPSA) is 6.48 Å². The highest BCUT2D eigenvalue weighted by molar-refractivity contribution is 6.42. The molecular weight excluding hydrogens is 387 g/mol. The molecular formula is C24H24Cl2N2. The van der Waals surface area contributed by atoms with Gasteiger partial charge in [-0.05, 0) is 28.8 Å². The van der Waals surface area contributed by atoms with E-state index in [2.05, 4.69) is 76.5 Å². The highest BCUT2D eigenvalue weighted by atomic mass is 35.5. The van der Waals surface area contributed by atoms with Crippen molar-refractivity contribution in [3.63, 3.8) is 0 Å². The van der Waals surface area contributed by atoms with E-state index in [4.69, 9.17) is 23.2 Å². The third-order valence-corrected chi connectivity index (χ3v) is 6.13. The van der Waals surface area contributed by atoms with Crippen LogP contribution < -0.4 is 0 Å². The fourth-order valence-electron chi connectivity index (χ4n) is 3.96. The molecule has 0 N–H and O–H groups in total. The minimum Gasteiger partial charge on any atom is -0.297 e. The van der Waals surface area contributed by atoms with Crippen molar-refractivity contribution < 1.29 is 0 Å². The van der Waals surface area contributed by atoms with Crippen molar-refractivity contribution >= 4 is 23.2 Å². The van der Waals surface area contributed by atoms with Crippen molar-refractivity contribution in [2.45, 2.75) is 12.6 Å². The quantitative estimate of drug-likeness (QED) is 0.516. The number of hydrogen-bond donors (Lipinski definition) is 0. The smallest absolute Gasteiger partial charge is 0.0602 e. The highest BCUT2D eigenvalue weighted by Crippen LogP contribution is 2.30. The maximum absolute atomic E-state index is 6.17. The number of halogens is 2. The average molecular weight is 411 g/mol. The van der Waals surface area contributed by atoms with E-state index >= 15 is 0 Å². The molecule has 0 radical (unpaired) electrons. The third-order valence-electron chi connectivity index (χ3n) is 5.39. The van der Waals surface area contributed by atoms with Gasteiger partial charge in [0.05, 0.1) is 16.1 Å². The van der Waals surface area contributed by atoms with Gasteiger partial charge in [-0.1, -0.05) is 89.9 Å². The molecule has 4 rings (SSSR count). The zero-order valence-electron chi connectivity index (χ0n) is 15.8. The summed E-state index contributed by atoms with van der Waals surface area (Å²) in [6.45, 7) is 5.06. The zero-order valence-corrected chi connectivity index (χ0v) is 17.3. The van der Waals surface area contributed by atoms with Crippen molar-refractivity contribution in [1.29, 1.82) is 0 Å². The first kappa shape index (κ1) is 19.5. The van der Waals surface area contributed by atoms with E-state index in [9.17, 15) is 0 Å². The minimum absolute atomic E-state index is 0.300. The van der Waals surface area contributed by atoms with E-state index in [0.29, 0.717) is 16.1 Å². The lowest BCUT2D eigenvalue weighted by molar-refractivity contribution is 0.105. The van der Waals surface area contributed by atoms with Crippen LogP contribution in [0.1, 0.15) is 22.7 Å². The van der Waals surface area contributed by atoms with Gasteiger partial charge in [0.1, 0.15) is 0 Å². The lowest BCUT2D eigenvalue weighted by atomic mass is 9.96. The van der Waals surface area contributed by atoms with Crippen molar-refractivity contribution in [3.05, 3.63) is 106 Å². The standard InChI is InChI=1S/C24H24Cl2N2/c25-22-12-11-19(17-23(22)26)18-27-13-15-28(16-14-27)24(20-7-3-1-4-8-20)21-9-5-2-6-10-21/h1-12,17,24H,13-16,18H2. The molecule has 1 saturated heterocycles. The first-order valence-corrected chi connectivity index (χ1v) is 10.5.